The van der Waals surface area contributed by atoms with Crippen molar-refractivity contribution in [3.05, 3.63) is 35.9 Å². The predicted molar refractivity (Wildman–Crippen MR) is 58.9 cm³/mol. The molecule has 0 aromatic heterocycles. The molecule has 1 aromatic rings. The standard InChI is InChI=1S/C12H19NO/c1-2-3-9-11(13)12(14)10-7-5-4-6-8-10/h4-8,11-12,14H,2-3,9,13H2,1H3/t11-,12+/m0/s1. The van der Waals surface area contributed by atoms with Crippen molar-refractivity contribution in [1.82, 2.24) is 0 Å². The molecule has 0 radical (unpaired) electrons. The van der Waals surface area contributed by atoms with Crippen molar-refractivity contribution in [2.45, 2.75) is 38.3 Å². The van der Waals surface area contributed by atoms with Gasteiger partial charge in [-0.2, -0.15) is 0 Å². The molecule has 2 heteroatoms. The zero-order chi connectivity index (χ0) is 10.4. The summed E-state index contributed by atoms with van der Waals surface area (Å²) in [6.45, 7) is 2.13. The molecule has 0 aliphatic carbocycles. The van der Waals surface area contributed by atoms with E-state index < -0.39 is 6.10 Å². The molecule has 2 nitrogen and oxygen atoms in total. The second-order valence-electron chi connectivity index (χ2n) is 3.66. The lowest BCUT2D eigenvalue weighted by atomic mass is 9.99. The summed E-state index contributed by atoms with van der Waals surface area (Å²) >= 11 is 0. The molecule has 0 unspecified atom stereocenters. The van der Waals surface area contributed by atoms with Crippen LogP contribution in [-0.4, -0.2) is 11.1 Å². The van der Waals surface area contributed by atoms with Crippen LogP contribution >= 0.6 is 0 Å². The van der Waals surface area contributed by atoms with Crippen LogP contribution in [0.4, 0.5) is 0 Å². The molecule has 1 rings (SSSR count). The number of aliphatic hydroxyl groups excluding tert-OH is 1. The van der Waals surface area contributed by atoms with Crippen molar-refractivity contribution < 1.29 is 5.11 Å². The zero-order valence-corrected chi connectivity index (χ0v) is 8.69. The van der Waals surface area contributed by atoms with E-state index in [-0.39, 0.29) is 6.04 Å². The van der Waals surface area contributed by atoms with E-state index >= 15 is 0 Å². The molecule has 0 bridgehead atoms. The van der Waals surface area contributed by atoms with Gasteiger partial charge in [0.05, 0.1) is 6.10 Å². The van der Waals surface area contributed by atoms with E-state index in [9.17, 15) is 5.11 Å². The van der Waals surface area contributed by atoms with Gasteiger partial charge in [-0.15, -0.1) is 0 Å². The lowest BCUT2D eigenvalue weighted by Gasteiger charge is -2.18. The lowest BCUT2D eigenvalue weighted by Crippen LogP contribution is -2.28. The first-order chi connectivity index (χ1) is 6.75. The van der Waals surface area contributed by atoms with Crippen LogP contribution in [0, 0.1) is 0 Å². The maximum atomic E-state index is 9.89. The molecule has 0 amide bonds. The monoisotopic (exact) mass is 193 g/mol. The van der Waals surface area contributed by atoms with Gasteiger partial charge in [0.25, 0.3) is 0 Å². The maximum absolute atomic E-state index is 9.89. The highest BCUT2D eigenvalue weighted by molar-refractivity contribution is 5.18. The zero-order valence-electron chi connectivity index (χ0n) is 8.69. The van der Waals surface area contributed by atoms with Crippen molar-refractivity contribution in [3.8, 4) is 0 Å². The first-order valence-corrected chi connectivity index (χ1v) is 5.24. The molecule has 0 spiro atoms. The maximum Gasteiger partial charge on any atom is 0.0940 e. The van der Waals surface area contributed by atoms with Crippen molar-refractivity contribution in [1.29, 1.82) is 0 Å². The summed E-state index contributed by atoms with van der Waals surface area (Å²) in [7, 11) is 0. The van der Waals surface area contributed by atoms with Crippen LogP contribution in [0.2, 0.25) is 0 Å². The molecule has 0 aliphatic rings. The minimum Gasteiger partial charge on any atom is -0.387 e. The van der Waals surface area contributed by atoms with Gasteiger partial charge in [0.1, 0.15) is 0 Å². The quantitative estimate of drug-likeness (QED) is 0.753. The lowest BCUT2D eigenvalue weighted by molar-refractivity contribution is 0.141. The molecule has 78 valence electrons. The Morgan fingerprint density at radius 2 is 1.93 bits per heavy atom. The molecule has 2 atom stereocenters. The van der Waals surface area contributed by atoms with Crippen LogP contribution in [0.5, 0.6) is 0 Å². The molecule has 14 heavy (non-hydrogen) atoms. The molecular formula is C12H19NO. The van der Waals surface area contributed by atoms with Crippen molar-refractivity contribution in [3.63, 3.8) is 0 Å². The van der Waals surface area contributed by atoms with Gasteiger partial charge in [-0.1, -0.05) is 50.1 Å². The normalized spacial score (nSPS) is 15.1. The summed E-state index contributed by atoms with van der Waals surface area (Å²) < 4.78 is 0. The van der Waals surface area contributed by atoms with E-state index in [1.807, 2.05) is 30.3 Å². The Kier molecular flexibility index (Phi) is 4.63. The van der Waals surface area contributed by atoms with E-state index in [1.165, 1.54) is 0 Å². The highest BCUT2D eigenvalue weighted by Gasteiger charge is 2.15. The SMILES string of the molecule is CCCC[C@H](N)[C@H](O)c1ccccc1. The number of benzene rings is 1. The minimum absolute atomic E-state index is 0.141. The molecule has 0 heterocycles. The van der Waals surface area contributed by atoms with Crippen molar-refractivity contribution in [2.75, 3.05) is 0 Å². The fraction of sp³-hybridized carbons (Fsp3) is 0.500. The molecule has 0 aliphatic heterocycles. The van der Waals surface area contributed by atoms with Gasteiger partial charge in [-0.3, -0.25) is 0 Å². The van der Waals surface area contributed by atoms with E-state index in [0.717, 1.165) is 24.8 Å². The summed E-state index contributed by atoms with van der Waals surface area (Å²) in [4.78, 5) is 0. The molecule has 0 fully saturated rings. The Hall–Kier alpha value is -0.860. The van der Waals surface area contributed by atoms with Crippen LogP contribution in [0.1, 0.15) is 37.9 Å². The number of aliphatic hydroxyl groups is 1. The van der Waals surface area contributed by atoms with Gasteiger partial charge >= 0.3 is 0 Å². The van der Waals surface area contributed by atoms with Crippen LogP contribution in [-0.2, 0) is 0 Å². The Morgan fingerprint density at radius 3 is 2.50 bits per heavy atom. The van der Waals surface area contributed by atoms with Crippen LogP contribution in [0.3, 0.4) is 0 Å². The molecule has 0 saturated carbocycles. The highest BCUT2D eigenvalue weighted by Crippen LogP contribution is 2.18. The topological polar surface area (TPSA) is 46.2 Å². The largest absolute Gasteiger partial charge is 0.387 e. The van der Waals surface area contributed by atoms with Gasteiger partial charge < -0.3 is 10.8 Å². The fourth-order valence-electron chi connectivity index (χ4n) is 1.50. The molecule has 3 N–H and O–H groups in total. The van der Waals surface area contributed by atoms with E-state index in [1.54, 1.807) is 0 Å². The number of hydrogen-bond donors (Lipinski definition) is 2. The summed E-state index contributed by atoms with van der Waals surface area (Å²) in [5, 5.41) is 9.89. The Bertz CT molecular complexity index is 248. The summed E-state index contributed by atoms with van der Waals surface area (Å²) in [5.74, 6) is 0. The van der Waals surface area contributed by atoms with Gasteiger partial charge in [-0.05, 0) is 12.0 Å². The first kappa shape index (κ1) is 11.2. The number of rotatable bonds is 5. The molecule has 1 aromatic carbocycles. The minimum atomic E-state index is -0.525. The fourth-order valence-corrected chi connectivity index (χ4v) is 1.50. The Balaban J connectivity index is 2.52. The smallest absolute Gasteiger partial charge is 0.0940 e. The number of unbranched alkanes of at least 4 members (excludes halogenated alkanes) is 1. The Morgan fingerprint density at radius 1 is 1.29 bits per heavy atom. The predicted octanol–water partition coefficient (Wildman–Crippen LogP) is 2.24. The average molecular weight is 193 g/mol. The third kappa shape index (κ3) is 3.13. The second-order valence-corrected chi connectivity index (χ2v) is 3.66. The van der Waals surface area contributed by atoms with E-state index in [0.29, 0.717) is 0 Å². The van der Waals surface area contributed by atoms with Crippen LogP contribution < -0.4 is 5.73 Å². The van der Waals surface area contributed by atoms with Gasteiger partial charge in [0.2, 0.25) is 0 Å². The highest BCUT2D eigenvalue weighted by atomic mass is 16.3. The average Bonchev–Trinajstić information content (AvgIpc) is 2.26. The van der Waals surface area contributed by atoms with E-state index in [2.05, 4.69) is 6.92 Å². The first-order valence-electron chi connectivity index (χ1n) is 5.24. The van der Waals surface area contributed by atoms with E-state index in [4.69, 9.17) is 5.73 Å². The molecular weight excluding hydrogens is 174 g/mol. The van der Waals surface area contributed by atoms with Crippen LogP contribution in [0.25, 0.3) is 0 Å². The third-order valence-corrected chi connectivity index (χ3v) is 2.44. The number of hydrogen-bond acceptors (Lipinski definition) is 2. The van der Waals surface area contributed by atoms with Crippen molar-refractivity contribution >= 4 is 0 Å². The van der Waals surface area contributed by atoms with Gasteiger partial charge in [-0.25, -0.2) is 0 Å². The Labute approximate surface area is 85.8 Å². The van der Waals surface area contributed by atoms with Gasteiger partial charge in [0.15, 0.2) is 0 Å². The second kappa shape index (κ2) is 5.78. The van der Waals surface area contributed by atoms with Crippen LogP contribution in [0.15, 0.2) is 30.3 Å². The summed E-state index contributed by atoms with van der Waals surface area (Å²) in [5.41, 5.74) is 6.80. The third-order valence-electron chi connectivity index (χ3n) is 2.44. The summed E-state index contributed by atoms with van der Waals surface area (Å²) in [6.07, 6.45) is 2.55. The number of nitrogens with two attached hydrogens (primary N) is 1. The molecule has 0 saturated heterocycles. The van der Waals surface area contributed by atoms with Gasteiger partial charge in [0, 0.05) is 6.04 Å². The summed E-state index contributed by atoms with van der Waals surface area (Å²) in [6, 6.07) is 9.47. The van der Waals surface area contributed by atoms with Crippen molar-refractivity contribution in [2.24, 2.45) is 5.73 Å².